The molecule has 18 heavy (non-hydrogen) atoms. The Kier molecular flexibility index (Phi) is 3.68. The molecular formula is C12H16N4OS. The number of nitrogens with zero attached hydrogens (tertiary/aromatic N) is 4. The molecule has 0 aliphatic carbocycles. The number of hydrogen-bond acceptors (Lipinski definition) is 5. The Morgan fingerprint density at radius 2 is 1.83 bits per heavy atom. The second-order valence-corrected chi connectivity index (χ2v) is 5.14. The van der Waals surface area contributed by atoms with Crippen molar-refractivity contribution in [2.75, 3.05) is 0 Å². The quantitative estimate of drug-likeness (QED) is 0.856. The lowest BCUT2D eigenvalue weighted by atomic mass is 10.3. The molecule has 0 unspecified atom stereocenters. The second kappa shape index (κ2) is 5.07. The minimum Gasteiger partial charge on any atom is -0.392 e. The van der Waals surface area contributed by atoms with E-state index >= 15 is 0 Å². The van der Waals surface area contributed by atoms with Gasteiger partial charge in [-0.2, -0.15) is 5.10 Å². The van der Waals surface area contributed by atoms with Gasteiger partial charge in [0.05, 0.1) is 12.3 Å². The van der Waals surface area contributed by atoms with Crippen LogP contribution in [0.15, 0.2) is 16.2 Å². The van der Waals surface area contributed by atoms with Gasteiger partial charge >= 0.3 is 0 Å². The van der Waals surface area contributed by atoms with E-state index in [9.17, 15) is 5.11 Å². The summed E-state index contributed by atoms with van der Waals surface area (Å²) in [4.78, 5) is 8.77. The van der Waals surface area contributed by atoms with Gasteiger partial charge in [-0.15, -0.1) is 0 Å². The zero-order valence-corrected chi connectivity index (χ0v) is 11.7. The molecule has 0 radical (unpaired) electrons. The number of aromatic nitrogens is 4. The summed E-state index contributed by atoms with van der Waals surface area (Å²) in [6, 6.07) is 1.94. The van der Waals surface area contributed by atoms with Gasteiger partial charge in [-0.05, 0) is 38.6 Å². The molecule has 0 bridgehead atoms. The average Bonchev–Trinajstić information content (AvgIpc) is 2.52. The molecule has 1 N–H and O–H groups in total. The van der Waals surface area contributed by atoms with E-state index in [2.05, 4.69) is 15.1 Å². The van der Waals surface area contributed by atoms with Crippen molar-refractivity contribution in [2.45, 2.75) is 37.6 Å². The van der Waals surface area contributed by atoms with Crippen LogP contribution in [0.4, 0.5) is 0 Å². The zero-order valence-electron chi connectivity index (χ0n) is 10.9. The highest BCUT2D eigenvalue weighted by Crippen LogP contribution is 2.29. The molecule has 0 spiro atoms. The molecule has 0 amide bonds. The van der Waals surface area contributed by atoms with Crippen LogP contribution in [0.3, 0.4) is 0 Å². The number of hydrogen-bond donors (Lipinski definition) is 1. The Balaban J connectivity index is 2.39. The van der Waals surface area contributed by atoms with Crippen LogP contribution in [-0.2, 0) is 13.7 Å². The van der Waals surface area contributed by atoms with Gasteiger partial charge in [0.15, 0.2) is 5.16 Å². The van der Waals surface area contributed by atoms with Crippen LogP contribution in [-0.4, -0.2) is 24.9 Å². The van der Waals surface area contributed by atoms with Crippen LogP contribution in [0.5, 0.6) is 0 Å². The first-order chi connectivity index (χ1) is 8.51. The van der Waals surface area contributed by atoms with Gasteiger partial charge in [0.1, 0.15) is 5.03 Å². The number of aliphatic hydroxyl groups excluding tert-OH is 1. The molecular weight excluding hydrogens is 248 g/mol. The van der Waals surface area contributed by atoms with E-state index in [4.69, 9.17) is 0 Å². The topological polar surface area (TPSA) is 63.8 Å². The SMILES string of the molecule is Cc1cc(C)nc(Sc2c(CO)c(C)nn2C)n1. The molecule has 0 saturated carbocycles. The van der Waals surface area contributed by atoms with Crippen LogP contribution in [0, 0.1) is 20.8 Å². The van der Waals surface area contributed by atoms with Crippen molar-refractivity contribution in [3.8, 4) is 0 Å². The normalized spacial score (nSPS) is 10.9. The minimum atomic E-state index is -0.0210. The van der Waals surface area contributed by atoms with Gasteiger partial charge in [-0.25, -0.2) is 9.97 Å². The fourth-order valence-corrected chi connectivity index (χ4v) is 2.88. The van der Waals surface area contributed by atoms with E-state index in [1.807, 2.05) is 33.9 Å². The first-order valence-corrected chi connectivity index (χ1v) is 6.46. The lowest BCUT2D eigenvalue weighted by Gasteiger charge is -2.05. The highest BCUT2D eigenvalue weighted by atomic mass is 32.2. The molecule has 2 heterocycles. The van der Waals surface area contributed by atoms with Crippen molar-refractivity contribution < 1.29 is 5.11 Å². The fraction of sp³-hybridized carbons (Fsp3) is 0.417. The summed E-state index contributed by atoms with van der Waals surface area (Å²) in [5.74, 6) is 0. The van der Waals surface area contributed by atoms with Crippen LogP contribution >= 0.6 is 11.8 Å². The molecule has 0 fully saturated rings. The average molecular weight is 264 g/mol. The molecule has 5 nitrogen and oxygen atoms in total. The molecule has 0 atom stereocenters. The molecule has 2 rings (SSSR count). The van der Waals surface area contributed by atoms with Crippen molar-refractivity contribution in [1.82, 2.24) is 19.7 Å². The van der Waals surface area contributed by atoms with Gasteiger partial charge in [0.2, 0.25) is 0 Å². The molecule has 0 aliphatic heterocycles. The summed E-state index contributed by atoms with van der Waals surface area (Å²) in [5.41, 5.74) is 3.56. The van der Waals surface area contributed by atoms with Crippen LogP contribution < -0.4 is 0 Å². The highest BCUT2D eigenvalue weighted by molar-refractivity contribution is 7.99. The maximum atomic E-state index is 9.39. The molecule has 0 aromatic carbocycles. The van der Waals surface area contributed by atoms with Gasteiger partial charge in [0, 0.05) is 24.0 Å². The Labute approximate surface area is 110 Å². The number of aliphatic hydroxyl groups is 1. The molecule has 0 aliphatic rings. The predicted octanol–water partition coefficient (Wildman–Crippen LogP) is 1.78. The van der Waals surface area contributed by atoms with Gasteiger partial charge < -0.3 is 5.11 Å². The lowest BCUT2D eigenvalue weighted by molar-refractivity contribution is 0.277. The summed E-state index contributed by atoms with van der Waals surface area (Å²) in [6.07, 6.45) is 0. The van der Waals surface area contributed by atoms with Crippen molar-refractivity contribution >= 4 is 11.8 Å². The number of aryl methyl sites for hydroxylation is 4. The third-order valence-electron chi connectivity index (χ3n) is 2.60. The Hall–Kier alpha value is -1.40. The molecule has 2 aromatic heterocycles. The van der Waals surface area contributed by atoms with E-state index in [1.54, 1.807) is 4.68 Å². The van der Waals surface area contributed by atoms with E-state index in [-0.39, 0.29) is 6.61 Å². The van der Waals surface area contributed by atoms with Crippen molar-refractivity contribution in [2.24, 2.45) is 7.05 Å². The largest absolute Gasteiger partial charge is 0.392 e. The van der Waals surface area contributed by atoms with Gasteiger partial charge in [-0.3, -0.25) is 4.68 Å². The van der Waals surface area contributed by atoms with E-state index < -0.39 is 0 Å². The summed E-state index contributed by atoms with van der Waals surface area (Å²) in [5, 5.41) is 15.3. The lowest BCUT2D eigenvalue weighted by Crippen LogP contribution is -1.97. The standard InChI is InChI=1S/C12H16N4OS/c1-7-5-8(2)14-12(13-7)18-11-10(6-17)9(3)15-16(11)4/h5,17H,6H2,1-4H3. The number of rotatable bonds is 3. The molecule has 6 heteroatoms. The summed E-state index contributed by atoms with van der Waals surface area (Å²) in [6.45, 7) is 5.76. The fourth-order valence-electron chi connectivity index (χ4n) is 1.82. The Bertz CT molecular complexity index is 559. The van der Waals surface area contributed by atoms with Crippen LogP contribution in [0.2, 0.25) is 0 Å². The zero-order chi connectivity index (χ0) is 13.3. The van der Waals surface area contributed by atoms with E-state index in [0.29, 0.717) is 5.16 Å². The van der Waals surface area contributed by atoms with Gasteiger partial charge in [-0.1, -0.05) is 0 Å². The first-order valence-electron chi connectivity index (χ1n) is 5.64. The summed E-state index contributed by atoms with van der Waals surface area (Å²) < 4.78 is 1.76. The van der Waals surface area contributed by atoms with Crippen molar-refractivity contribution in [1.29, 1.82) is 0 Å². The van der Waals surface area contributed by atoms with E-state index in [1.165, 1.54) is 11.8 Å². The first kappa shape index (κ1) is 13.0. The summed E-state index contributed by atoms with van der Waals surface area (Å²) in [7, 11) is 1.86. The summed E-state index contributed by atoms with van der Waals surface area (Å²) >= 11 is 1.43. The monoisotopic (exact) mass is 264 g/mol. The minimum absolute atomic E-state index is 0.0210. The molecule has 2 aromatic rings. The Morgan fingerprint density at radius 1 is 1.22 bits per heavy atom. The third-order valence-corrected chi connectivity index (χ3v) is 3.67. The van der Waals surface area contributed by atoms with Crippen LogP contribution in [0.1, 0.15) is 22.6 Å². The maximum absolute atomic E-state index is 9.39. The predicted molar refractivity (Wildman–Crippen MR) is 69.5 cm³/mol. The van der Waals surface area contributed by atoms with Crippen molar-refractivity contribution in [3.05, 3.63) is 28.7 Å². The molecule has 0 saturated heterocycles. The van der Waals surface area contributed by atoms with Crippen molar-refractivity contribution in [3.63, 3.8) is 0 Å². The third kappa shape index (κ3) is 2.54. The molecule has 96 valence electrons. The highest BCUT2D eigenvalue weighted by Gasteiger charge is 2.15. The maximum Gasteiger partial charge on any atom is 0.194 e. The second-order valence-electron chi connectivity index (χ2n) is 4.19. The Morgan fingerprint density at radius 3 is 2.39 bits per heavy atom. The van der Waals surface area contributed by atoms with Crippen LogP contribution in [0.25, 0.3) is 0 Å². The van der Waals surface area contributed by atoms with Gasteiger partial charge in [0.25, 0.3) is 0 Å². The smallest absolute Gasteiger partial charge is 0.194 e. The van der Waals surface area contributed by atoms with E-state index in [0.717, 1.165) is 27.7 Å².